The minimum atomic E-state index is -0.0549. The standard InChI is InChI=1S/C14H13N3OS2/c18-12(11-7-9-3-1-2-4-10(9)19-11)15-14-17-16-13(20-14)8-5-6-8/h1-4,8,11H,5-7H2,(H,15,17,18)/t11-/m0/s1. The van der Waals surface area contributed by atoms with Crippen LogP contribution in [0.5, 0.6) is 0 Å². The van der Waals surface area contributed by atoms with Crippen LogP contribution >= 0.6 is 23.1 Å². The van der Waals surface area contributed by atoms with Gasteiger partial charge in [0.25, 0.3) is 0 Å². The molecule has 4 rings (SSSR count). The molecule has 2 heterocycles. The van der Waals surface area contributed by atoms with Crippen molar-refractivity contribution >= 4 is 34.1 Å². The van der Waals surface area contributed by atoms with Gasteiger partial charge in [0.1, 0.15) is 5.01 Å². The van der Waals surface area contributed by atoms with E-state index in [2.05, 4.69) is 27.6 Å². The van der Waals surface area contributed by atoms with Gasteiger partial charge in [0.2, 0.25) is 11.0 Å². The van der Waals surface area contributed by atoms with E-state index in [0.717, 1.165) is 11.4 Å². The summed E-state index contributed by atoms with van der Waals surface area (Å²) < 4.78 is 0. The molecule has 4 nitrogen and oxygen atoms in total. The third-order valence-corrected chi connectivity index (χ3v) is 5.86. The maximum absolute atomic E-state index is 12.3. The van der Waals surface area contributed by atoms with Crippen molar-refractivity contribution in [2.45, 2.75) is 35.3 Å². The fourth-order valence-electron chi connectivity index (χ4n) is 2.29. The second-order valence-electron chi connectivity index (χ2n) is 5.13. The van der Waals surface area contributed by atoms with E-state index in [1.807, 2.05) is 12.1 Å². The summed E-state index contributed by atoms with van der Waals surface area (Å²) in [5, 5.41) is 12.8. The lowest BCUT2D eigenvalue weighted by Crippen LogP contribution is -2.24. The fraction of sp³-hybridized carbons (Fsp3) is 0.357. The molecule has 1 aliphatic heterocycles. The van der Waals surface area contributed by atoms with Gasteiger partial charge in [0.05, 0.1) is 5.25 Å². The number of aromatic nitrogens is 2. The number of amides is 1. The third-order valence-electron chi connectivity index (χ3n) is 3.54. The Kier molecular flexibility index (Phi) is 3.00. The molecule has 1 aromatic heterocycles. The number of benzene rings is 1. The third kappa shape index (κ3) is 2.33. The molecule has 1 N–H and O–H groups in total. The Labute approximate surface area is 125 Å². The minimum Gasteiger partial charge on any atom is -0.300 e. The van der Waals surface area contributed by atoms with Crippen molar-refractivity contribution in [3.05, 3.63) is 34.8 Å². The summed E-state index contributed by atoms with van der Waals surface area (Å²) in [5.74, 6) is 0.618. The molecule has 1 aliphatic carbocycles. The molecule has 0 spiro atoms. The molecule has 1 atom stereocenters. The molecule has 102 valence electrons. The van der Waals surface area contributed by atoms with E-state index < -0.39 is 0 Å². The first-order valence-corrected chi connectivity index (χ1v) is 8.38. The van der Waals surface area contributed by atoms with Crippen LogP contribution in [0.2, 0.25) is 0 Å². The van der Waals surface area contributed by atoms with Crippen LogP contribution in [0.15, 0.2) is 29.2 Å². The van der Waals surface area contributed by atoms with Gasteiger partial charge in [0, 0.05) is 10.8 Å². The van der Waals surface area contributed by atoms with E-state index in [4.69, 9.17) is 0 Å². The summed E-state index contributed by atoms with van der Waals surface area (Å²) >= 11 is 3.14. The molecule has 0 radical (unpaired) electrons. The Morgan fingerprint density at radius 3 is 2.90 bits per heavy atom. The topological polar surface area (TPSA) is 54.9 Å². The summed E-state index contributed by atoms with van der Waals surface area (Å²) in [6, 6.07) is 8.19. The zero-order valence-electron chi connectivity index (χ0n) is 10.7. The van der Waals surface area contributed by atoms with Gasteiger partial charge in [-0.2, -0.15) is 0 Å². The SMILES string of the molecule is O=C(Nc1nnc(C2CC2)s1)[C@@H]1Cc2ccccc2S1. The predicted octanol–water partition coefficient (Wildman–Crippen LogP) is 3.07. The molecule has 1 amide bonds. The number of carbonyl (C=O) groups is 1. The highest BCUT2D eigenvalue weighted by Gasteiger charge is 2.30. The van der Waals surface area contributed by atoms with Crippen LogP contribution in [-0.4, -0.2) is 21.4 Å². The van der Waals surface area contributed by atoms with Crippen molar-refractivity contribution in [3.63, 3.8) is 0 Å². The number of thioether (sulfide) groups is 1. The summed E-state index contributed by atoms with van der Waals surface area (Å²) in [7, 11) is 0. The molecule has 0 unspecified atom stereocenters. The fourth-order valence-corrected chi connectivity index (χ4v) is 4.41. The molecule has 1 aromatic carbocycles. The number of fused-ring (bicyclic) bond motifs is 1. The molecule has 2 aromatic rings. The van der Waals surface area contributed by atoms with Gasteiger partial charge in [-0.05, 0) is 30.9 Å². The number of nitrogens with one attached hydrogen (secondary N) is 1. The number of rotatable bonds is 3. The quantitative estimate of drug-likeness (QED) is 0.947. The van der Waals surface area contributed by atoms with Gasteiger partial charge in [-0.25, -0.2) is 0 Å². The average molecular weight is 303 g/mol. The number of nitrogens with zero attached hydrogens (tertiary/aromatic N) is 2. The Bertz CT molecular complexity index is 641. The van der Waals surface area contributed by atoms with Gasteiger partial charge in [-0.1, -0.05) is 29.5 Å². The lowest BCUT2D eigenvalue weighted by Gasteiger charge is -2.06. The van der Waals surface area contributed by atoms with E-state index in [9.17, 15) is 4.79 Å². The molecule has 20 heavy (non-hydrogen) atoms. The zero-order valence-corrected chi connectivity index (χ0v) is 12.3. The van der Waals surface area contributed by atoms with Crippen LogP contribution in [0.3, 0.4) is 0 Å². The molecule has 1 fully saturated rings. The second-order valence-corrected chi connectivity index (χ2v) is 7.38. The second kappa shape index (κ2) is 4.86. The maximum Gasteiger partial charge on any atom is 0.240 e. The zero-order chi connectivity index (χ0) is 13.5. The summed E-state index contributed by atoms with van der Waals surface area (Å²) in [6.45, 7) is 0. The Morgan fingerprint density at radius 1 is 1.25 bits per heavy atom. The van der Waals surface area contributed by atoms with Gasteiger partial charge >= 0.3 is 0 Å². The van der Waals surface area contributed by atoms with Crippen LogP contribution in [0.1, 0.15) is 29.3 Å². The molecule has 0 bridgehead atoms. The van der Waals surface area contributed by atoms with E-state index in [-0.39, 0.29) is 11.2 Å². The van der Waals surface area contributed by atoms with Crippen molar-refractivity contribution in [2.24, 2.45) is 0 Å². The Morgan fingerprint density at radius 2 is 2.10 bits per heavy atom. The van der Waals surface area contributed by atoms with Crippen molar-refractivity contribution in [1.82, 2.24) is 10.2 Å². The van der Waals surface area contributed by atoms with Gasteiger partial charge in [0.15, 0.2) is 0 Å². The van der Waals surface area contributed by atoms with Gasteiger partial charge in [-0.3, -0.25) is 10.1 Å². The van der Waals surface area contributed by atoms with Gasteiger partial charge in [-0.15, -0.1) is 22.0 Å². The summed E-state index contributed by atoms with van der Waals surface area (Å²) in [5.41, 5.74) is 1.26. The van der Waals surface area contributed by atoms with Crippen LogP contribution in [0, 0.1) is 0 Å². The van der Waals surface area contributed by atoms with Crippen LogP contribution < -0.4 is 5.32 Å². The monoisotopic (exact) mass is 303 g/mol. The van der Waals surface area contributed by atoms with Crippen LogP contribution in [-0.2, 0) is 11.2 Å². The van der Waals surface area contributed by atoms with Crippen LogP contribution in [0.25, 0.3) is 0 Å². The number of hydrogen-bond acceptors (Lipinski definition) is 5. The van der Waals surface area contributed by atoms with E-state index in [1.165, 1.54) is 34.6 Å². The number of carbonyl (C=O) groups excluding carboxylic acids is 1. The van der Waals surface area contributed by atoms with E-state index >= 15 is 0 Å². The van der Waals surface area contributed by atoms with E-state index in [1.54, 1.807) is 11.8 Å². The first kappa shape index (κ1) is 12.3. The van der Waals surface area contributed by atoms with Crippen molar-refractivity contribution in [2.75, 3.05) is 5.32 Å². The molecular formula is C14H13N3OS2. The molecule has 2 aliphatic rings. The first-order chi connectivity index (χ1) is 9.79. The first-order valence-electron chi connectivity index (χ1n) is 6.68. The highest BCUT2D eigenvalue weighted by Crippen LogP contribution is 2.42. The molecule has 6 heteroatoms. The highest BCUT2D eigenvalue weighted by atomic mass is 32.2. The number of hydrogen-bond donors (Lipinski definition) is 1. The predicted molar refractivity (Wildman–Crippen MR) is 80.3 cm³/mol. The number of anilines is 1. The smallest absolute Gasteiger partial charge is 0.240 e. The minimum absolute atomic E-state index is 0.0321. The largest absolute Gasteiger partial charge is 0.300 e. The van der Waals surface area contributed by atoms with Crippen LogP contribution in [0.4, 0.5) is 5.13 Å². The summed E-state index contributed by atoms with van der Waals surface area (Å²) in [6.07, 6.45) is 3.20. The van der Waals surface area contributed by atoms with Crippen molar-refractivity contribution in [1.29, 1.82) is 0 Å². The van der Waals surface area contributed by atoms with E-state index in [0.29, 0.717) is 11.0 Å². The molecule has 1 saturated carbocycles. The van der Waals surface area contributed by atoms with Gasteiger partial charge < -0.3 is 0 Å². The average Bonchev–Trinajstić information content (AvgIpc) is 3.04. The van der Waals surface area contributed by atoms with Crippen molar-refractivity contribution < 1.29 is 4.79 Å². The highest BCUT2D eigenvalue weighted by molar-refractivity contribution is 8.01. The van der Waals surface area contributed by atoms with Crippen molar-refractivity contribution in [3.8, 4) is 0 Å². The summed E-state index contributed by atoms with van der Waals surface area (Å²) in [4.78, 5) is 13.5. The normalized spacial score (nSPS) is 20.7. The molecular weight excluding hydrogens is 290 g/mol. The maximum atomic E-state index is 12.3. The molecule has 0 saturated heterocycles. The Balaban J connectivity index is 1.43. The Hall–Kier alpha value is -1.40. The lowest BCUT2D eigenvalue weighted by molar-refractivity contribution is -0.115. The lowest BCUT2D eigenvalue weighted by atomic mass is 10.1.